The number of aromatic nitrogens is 2. The molecular formula is C24H28N4O4S. The van der Waals surface area contributed by atoms with Crippen LogP contribution in [0.15, 0.2) is 36.0 Å². The van der Waals surface area contributed by atoms with E-state index in [0.717, 1.165) is 60.6 Å². The molecular weight excluding hydrogens is 440 g/mol. The number of carbonyl (C=O) groups excluding carboxylic acids is 1. The Morgan fingerprint density at radius 2 is 2.15 bits per heavy atom. The summed E-state index contributed by atoms with van der Waals surface area (Å²) in [4.78, 5) is 27.3. The minimum Gasteiger partial charge on any atom is -0.497 e. The summed E-state index contributed by atoms with van der Waals surface area (Å²) in [6.45, 7) is 4.63. The monoisotopic (exact) mass is 468 g/mol. The minimum absolute atomic E-state index is 0.0178. The van der Waals surface area contributed by atoms with Gasteiger partial charge in [0.2, 0.25) is 0 Å². The minimum atomic E-state index is -0.0178. The number of hydrogen-bond donors (Lipinski definition) is 0. The third-order valence-electron chi connectivity index (χ3n) is 6.13. The van der Waals surface area contributed by atoms with Crippen LogP contribution >= 0.6 is 11.3 Å². The van der Waals surface area contributed by atoms with Crippen molar-refractivity contribution in [2.45, 2.75) is 25.5 Å². The summed E-state index contributed by atoms with van der Waals surface area (Å²) in [6.07, 6.45) is 3.71. The van der Waals surface area contributed by atoms with Crippen LogP contribution in [0.5, 0.6) is 5.75 Å². The zero-order valence-corrected chi connectivity index (χ0v) is 19.6. The van der Waals surface area contributed by atoms with Gasteiger partial charge < -0.3 is 24.0 Å². The van der Waals surface area contributed by atoms with Crippen molar-refractivity contribution >= 4 is 34.0 Å². The molecule has 1 atom stereocenters. The van der Waals surface area contributed by atoms with Gasteiger partial charge in [-0.05, 0) is 31.0 Å². The highest BCUT2D eigenvalue weighted by Crippen LogP contribution is 2.29. The smallest absolute Gasteiger partial charge is 0.265 e. The predicted octanol–water partition coefficient (Wildman–Crippen LogP) is 3.36. The Morgan fingerprint density at radius 1 is 1.27 bits per heavy atom. The summed E-state index contributed by atoms with van der Waals surface area (Å²) in [5, 5.41) is 1.02. The standard InChI is InChI=1S/C24H28N4O4S/c1-30-19-5-4-17-11-18(23(26-21(17)12-19)27-6-9-31-10-7-27)14-28(15-20-3-2-8-32-20)24(29)22-13-25-16-33-22/h4-5,11-13,16,20H,2-3,6-10,14-15H2,1H3/t20-/m0/s1. The van der Waals surface area contributed by atoms with Crippen molar-refractivity contribution in [3.8, 4) is 5.75 Å². The van der Waals surface area contributed by atoms with Crippen molar-refractivity contribution in [3.05, 3.63) is 46.4 Å². The molecule has 174 valence electrons. The number of thiazole rings is 1. The summed E-state index contributed by atoms with van der Waals surface area (Å²) >= 11 is 1.37. The first kappa shape index (κ1) is 22.1. The van der Waals surface area contributed by atoms with Crippen molar-refractivity contribution in [2.24, 2.45) is 0 Å². The number of fused-ring (bicyclic) bond motifs is 1. The molecule has 0 bridgehead atoms. The number of methoxy groups -OCH3 is 1. The largest absolute Gasteiger partial charge is 0.497 e. The zero-order valence-electron chi connectivity index (χ0n) is 18.7. The summed E-state index contributed by atoms with van der Waals surface area (Å²) in [5.41, 5.74) is 3.59. The van der Waals surface area contributed by atoms with E-state index in [1.165, 1.54) is 11.3 Å². The van der Waals surface area contributed by atoms with Crippen LogP contribution in [0.4, 0.5) is 5.82 Å². The van der Waals surface area contributed by atoms with Crippen molar-refractivity contribution in [2.75, 3.05) is 51.5 Å². The van der Waals surface area contributed by atoms with Gasteiger partial charge in [0, 0.05) is 49.8 Å². The first-order valence-electron chi connectivity index (χ1n) is 11.3. The lowest BCUT2D eigenvalue weighted by molar-refractivity contribution is 0.0510. The van der Waals surface area contributed by atoms with E-state index < -0.39 is 0 Å². The van der Waals surface area contributed by atoms with Crippen molar-refractivity contribution in [1.82, 2.24) is 14.9 Å². The van der Waals surface area contributed by atoms with Crippen molar-refractivity contribution in [3.63, 3.8) is 0 Å². The number of ether oxygens (including phenoxy) is 3. The second-order valence-corrected chi connectivity index (χ2v) is 9.20. The van der Waals surface area contributed by atoms with E-state index in [0.29, 0.717) is 31.2 Å². The number of hydrogen-bond acceptors (Lipinski definition) is 8. The molecule has 33 heavy (non-hydrogen) atoms. The normalized spacial score (nSPS) is 18.6. The van der Waals surface area contributed by atoms with E-state index in [9.17, 15) is 4.79 Å². The Hall–Kier alpha value is -2.75. The predicted molar refractivity (Wildman–Crippen MR) is 127 cm³/mol. The van der Waals surface area contributed by atoms with E-state index >= 15 is 0 Å². The molecule has 0 N–H and O–H groups in total. The second kappa shape index (κ2) is 10.0. The van der Waals surface area contributed by atoms with Gasteiger partial charge in [0.1, 0.15) is 16.4 Å². The molecule has 2 aliphatic rings. The van der Waals surface area contributed by atoms with E-state index in [-0.39, 0.29) is 12.0 Å². The molecule has 1 amide bonds. The van der Waals surface area contributed by atoms with E-state index in [1.54, 1.807) is 18.8 Å². The molecule has 0 spiro atoms. The van der Waals surface area contributed by atoms with E-state index in [1.807, 2.05) is 23.1 Å². The van der Waals surface area contributed by atoms with Crippen LogP contribution in [-0.4, -0.2) is 73.4 Å². The Balaban J connectivity index is 1.52. The maximum atomic E-state index is 13.4. The first-order valence-corrected chi connectivity index (χ1v) is 12.2. The number of anilines is 1. The van der Waals surface area contributed by atoms with Gasteiger partial charge in [-0.1, -0.05) is 0 Å². The molecule has 0 aliphatic carbocycles. The first-order chi connectivity index (χ1) is 16.2. The molecule has 2 saturated heterocycles. The van der Waals surface area contributed by atoms with Crippen LogP contribution in [0, 0.1) is 0 Å². The number of amides is 1. The van der Waals surface area contributed by atoms with Gasteiger partial charge in [0.05, 0.1) is 43.7 Å². The molecule has 3 aromatic rings. The zero-order chi connectivity index (χ0) is 22.6. The van der Waals surface area contributed by atoms with Gasteiger partial charge in [-0.2, -0.15) is 0 Å². The second-order valence-electron chi connectivity index (χ2n) is 8.32. The quantitative estimate of drug-likeness (QED) is 0.526. The lowest BCUT2D eigenvalue weighted by Crippen LogP contribution is -2.39. The maximum absolute atomic E-state index is 13.4. The van der Waals surface area contributed by atoms with Crippen molar-refractivity contribution in [1.29, 1.82) is 0 Å². The third kappa shape index (κ3) is 4.95. The fourth-order valence-electron chi connectivity index (χ4n) is 4.41. The number of morpholine rings is 1. The SMILES string of the molecule is COc1ccc2cc(CN(C[C@@H]3CCCO3)C(=O)c3cncs3)c(N3CCOCC3)nc2c1. The lowest BCUT2D eigenvalue weighted by atomic mass is 10.1. The lowest BCUT2D eigenvalue weighted by Gasteiger charge is -2.32. The van der Waals surface area contributed by atoms with Crippen LogP contribution in [0.2, 0.25) is 0 Å². The van der Waals surface area contributed by atoms with Gasteiger partial charge >= 0.3 is 0 Å². The van der Waals surface area contributed by atoms with Gasteiger partial charge in [0.25, 0.3) is 5.91 Å². The Kier molecular flexibility index (Phi) is 6.70. The van der Waals surface area contributed by atoms with Crippen molar-refractivity contribution < 1.29 is 19.0 Å². The van der Waals surface area contributed by atoms with Gasteiger partial charge in [-0.15, -0.1) is 11.3 Å². The van der Waals surface area contributed by atoms with Crippen LogP contribution < -0.4 is 9.64 Å². The Morgan fingerprint density at radius 3 is 2.88 bits per heavy atom. The van der Waals surface area contributed by atoms with Crippen LogP contribution in [0.1, 0.15) is 28.1 Å². The Bertz CT molecular complexity index is 1100. The van der Waals surface area contributed by atoms with Gasteiger partial charge in [0.15, 0.2) is 0 Å². The molecule has 2 aliphatic heterocycles. The summed E-state index contributed by atoms with van der Waals surface area (Å²) in [7, 11) is 1.66. The highest BCUT2D eigenvalue weighted by atomic mass is 32.1. The number of nitrogens with zero attached hydrogens (tertiary/aromatic N) is 4. The number of benzene rings is 1. The highest BCUT2D eigenvalue weighted by Gasteiger charge is 2.27. The molecule has 0 radical (unpaired) electrons. The molecule has 9 heteroatoms. The topological polar surface area (TPSA) is 77.0 Å². The fourth-order valence-corrected chi connectivity index (χ4v) is 5.00. The average Bonchev–Trinajstić information content (AvgIpc) is 3.58. The average molecular weight is 469 g/mol. The summed E-state index contributed by atoms with van der Waals surface area (Å²) in [6, 6.07) is 8.06. The molecule has 2 aromatic heterocycles. The number of pyridine rings is 1. The summed E-state index contributed by atoms with van der Waals surface area (Å²) < 4.78 is 16.8. The molecule has 2 fully saturated rings. The molecule has 5 rings (SSSR count). The number of carbonyl (C=O) groups is 1. The van der Waals surface area contributed by atoms with E-state index in [4.69, 9.17) is 19.2 Å². The van der Waals surface area contributed by atoms with Gasteiger partial charge in [-0.25, -0.2) is 4.98 Å². The third-order valence-corrected chi connectivity index (χ3v) is 6.89. The molecule has 1 aromatic carbocycles. The van der Waals surface area contributed by atoms with Crippen LogP contribution in [-0.2, 0) is 16.0 Å². The van der Waals surface area contributed by atoms with Crippen LogP contribution in [0.3, 0.4) is 0 Å². The van der Waals surface area contributed by atoms with E-state index in [2.05, 4.69) is 16.0 Å². The number of rotatable bonds is 7. The Labute approximate surface area is 197 Å². The maximum Gasteiger partial charge on any atom is 0.265 e. The molecule has 8 nitrogen and oxygen atoms in total. The molecule has 4 heterocycles. The molecule has 0 unspecified atom stereocenters. The highest BCUT2D eigenvalue weighted by molar-refractivity contribution is 7.11. The summed E-state index contributed by atoms with van der Waals surface area (Å²) in [5.74, 6) is 1.65. The van der Waals surface area contributed by atoms with Crippen LogP contribution in [0.25, 0.3) is 10.9 Å². The molecule has 0 saturated carbocycles. The van der Waals surface area contributed by atoms with Gasteiger partial charge in [-0.3, -0.25) is 9.78 Å². The fraction of sp³-hybridized carbons (Fsp3) is 0.458.